The summed E-state index contributed by atoms with van der Waals surface area (Å²) in [4.78, 5) is 3.44. The number of nitrogens with zero attached hydrogens (tertiary/aromatic N) is 1. The van der Waals surface area contributed by atoms with Crippen molar-refractivity contribution >= 4 is 28.7 Å². The predicted octanol–water partition coefficient (Wildman–Crippen LogP) is 3.25. The molecule has 1 aromatic carbocycles. The number of nitrogens with one attached hydrogen (secondary N) is 2. The first-order chi connectivity index (χ1) is 10.7. The molecular formula is C17H23N3S2. The van der Waals surface area contributed by atoms with E-state index in [9.17, 15) is 0 Å². The zero-order valence-electron chi connectivity index (χ0n) is 13.1. The molecule has 0 bridgehead atoms. The van der Waals surface area contributed by atoms with Gasteiger partial charge in [0.25, 0.3) is 0 Å². The van der Waals surface area contributed by atoms with Crippen LogP contribution in [0.5, 0.6) is 0 Å². The van der Waals surface area contributed by atoms with Crippen molar-refractivity contribution in [2.45, 2.75) is 12.5 Å². The topological polar surface area (TPSA) is 27.3 Å². The molecule has 0 aliphatic heterocycles. The van der Waals surface area contributed by atoms with Gasteiger partial charge < -0.3 is 15.5 Å². The Morgan fingerprint density at radius 1 is 1.18 bits per heavy atom. The van der Waals surface area contributed by atoms with Crippen LogP contribution in [0.3, 0.4) is 0 Å². The molecule has 1 atom stereocenters. The quantitative estimate of drug-likeness (QED) is 0.601. The molecule has 1 aromatic heterocycles. The normalized spacial score (nSPS) is 12.1. The van der Waals surface area contributed by atoms with Crippen LogP contribution in [0.15, 0.2) is 47.8 Å². The van der Waals surface area contributed by atoms with Gasteiger partial charge in [0.1, 0.15) is 0 Å². The number of hydrogen-bond donors (Lipinski definition) is 2. The fourth-order valence-electron chi connectivity index (χ4n) is 2.20. The Kier molecular flexibility index (Phi) is 6.83. The summed E-state index contributed by atoms with van der Waals surface area (Å²) in [5.41, 5.74) is 1.22. The predicted molar refractivity (Wildman–Crippen MR) is 99.5 cm³/mol. The Labute approximate surface area is 142 Å². The zero-order valence-corrected chi connectivity index (χ0v) is 14.7. The monoisotopic (exact) mass is 333 g/mol. The Morgan fingerprint density at radius 3 is 2.59 bits per heavy atom. The van der Waals surface area contributed by atoms with Crippen LogP contribution >= 0.6 is 23.6 Å². The first kappa shape index (κ1) is 16.9. The minimum atomic E-state index is 0.107. The largest absolute Gasteiger partial charge is 0.363 e. The van der Waals surface area contributed by atoms with Gasteiger partial charge in [-0.2, -0.15) is 0 Å². The second kappa shape index (κ2) is 8.88. The maximum atomic E-state index is 5.45. The minimum absolute atomic E-state index is 0.107. The van der Waals surface area contributed by atoms with Crippen molar-refractivity contribution in [3.05, 3.63) is 58.3 Å². The average Bonchev–Trinajstić information content (AvgIpc) is 3.04. The van der Waals surface area contributed by atoms with Crippen LogP contribution in [0.2, 0.25) is 0 Å². The van der Waals surface area contributed by atoms with E-state index in [4.69, 9.17) is 12.2 Å². The molecule has 0 amide bonds. The molecule has 3 nitrogen and oxygen atoms in total. The van der Waals surface area contributed by atoms with Gasteiger partial charge in [0.15, 0.2) is 5.11 Å². The van der Waals surface area contributed by atoms with Gasteiger partial charge in [0.05, 0.1) is 6.04 Å². The molecule has 0 saturated heterocycles. The molecule has 0 saturated carbocycles. The summed E-state index contributed by atoms with van der Waals surface area (Å²) >= 11 is 7.20. The molecular weight excluding hydrogens is 310 g/mol. The van der Waals surface area contributed by atoms with E-state index in [0.29, 0.717) is 5.11 Å². The average molecular weight is 334 g/mol. The highest BCUT2D eigenvalue weighted by Crippen LogP contribution is 2.25. The van der Waals surface area contributed by atoms with Crippen molar-refractivity contribution in [1.82, 2.24) is 15.5 Å². The summed E-state index contributed by atoms with van der Waals surface area (Å²) < 4.78 is 0. The Balaban J connectivity index is 1.94. The minimum Gasteiger partial charge on any atom is -0.363 e. The van der Waals surface area contributed by atoms with Crippen LogP contribution in [0.4, 0.5) is 0 Å². The molecule has 1 heterocycles. The highest BCUT2D eigenvalue weighted by atomic mass is 32.1. The second-order valence-electron chi connectivity index (χ2n) is 5.42. The maximum Gasteiger partial charge on any atom is 0.167 e. The summed E-state index contributed by atoms with van der Waals surface area (Å²) in [6.45, 7) is 1.94. The molecule has 22 heavy (non-hydrogen) atoms. The molecule has 118 valence electrons. The summed E-state index contributed by atoms with van der Waals surface area (Å²) in [5, 5.41) is 9.55. The number of thiocarbonyl (C=S) groups is 1. The van der Waals surface area contributed by atoms with Crippen molar-refractivity contribution in [2.24, 2.45) is 0 Å². The molecule has 0 fully saturated rings. The second-order valence-corrected chi connectivity index (χ2v) is 6.80. The molecule has 0 aliphatic carbocycles. The summed E-state index contributed by atoms with van der Waals surface area (Å²) in [7, 11) is 4.16. The highest BCUT2D eigenvalue weighted by Gasteiger charge is 2.15. The summed E-state index contributed by atoms with van der Waals surface area (Å²) in [6, 6.07) is 14.7. The highest BCUT2D eigenvalue weighted by molar-refractivity contribution is 7.80. The van der Waals surface area contributed by atoms with Crippen molar-refractivity contribution in [1.29, 1.82) is 0 Å². The number of thiophene rings is 1. The van der Waals surface area contributed by atoms with E-state index in [-0.39, 0.29) is 6.04 Å². The van der Waals surface area contributed by atoms with Crippen LogP contribution in [0.25, 0.3) is 0 Å². The van der Waals surface area contributed by atoms with Crippen molar-refractivity contribution in [2.75, 3.05) is 27.2 Å². The lowest BCUT2D eigenvalue weighted by molar-refractivity contribution is 0.400. The maximum absolute atomic E-state index is 5.45. The van der Waals surface area contributed by atoms with Gasteiger partial charge in [0, 0.05) is 11.4 Å². The first-order valence-corrected chi connectivity index (χ1v) is 8.73. The molecule has 0 radical (unpaired) electrons. The van der Waals surface area contributed by atoms with Gasteiger partial charge in [-0.15, -0.1) is 11.3 Å². The van der Waals surface area contributed by atoms with E-state index in [1.807, 2.05) is 6.07 Å². The molecule has 5 heteroatoms. The summed E-state index contributed by atoms with van der Waals surface area (Å²) in [5.74, 6) is 0. The summed E-state index contributed by atoms with van der Waals surface area (Å²) in [6.07, 6.45) is 1.07. The van der Waals surface area contributed by atoms with Gasteiger partial charge in [-0.3, -0.25) is 0 Å². The van der Waals surface area contributed by atoms with Gasteiger partial charge in [-0.25, -0.2) is 0 Å². The van der Waals surface area contributed by atoms with E-state index < -0.39 is 0 Å². The van der Waals surface area contributed by atoms with Gasteiger partial charge in [0.2, 0.25) is 0 Å². The fraction of sp³-hybridized carbons (Fsp3) is 0.353. The molecule has 0 unspecified atom stereocenters. The van der Waals surface area contributed by atoms with E-state index >= 15 is 0 Å². The molecule has 2 N–H and O–H groups in total. The van der Waals surface area contributed by atoms with Gasteiger partial charge in [-0.1, -0.05) is 36.4 Å². The van der Waals surface area contributed by atoms with Crippen molar-refractivity contribution in [3.8, 4) is 0 Å². The lowest BCUT2D eigenvalue weighted by Crippen LogP contribution is -2.38. The van der Waals surface area contributed by atoms with E-state index in [1.54, 1.807) is 11.3 Å². The van der Waals surface area contributed by atoms with Crippen LogP contribution in [-0.4, -0.2) is 37.2 Å². The standard InChI is InChI=1S/C17H23N3S2/c1-20(2)12-7-11-18-17(21)19-16(15-10-6-13-22-15)14-8-4-3-5-9-14/h3-6,8-10,13,16H,7,11-12H2,1-2H3,(H2,18,19,21)/t16-/m0/s1. The first-order valence-electron chi connectivity index (χ1n) is 7.44. The van der Waals surface area contributed by atoms with Gasteiger partial charge in [-0.05, 0) is 56.3 Å². The third kappa shape index (κ3) is 5.40. The lowest BCUT2D eigenvalue weighted by Gasteiger charge is -2.20. The lowest BCUT2D eigenvalue weighted by atomic mass is 10.1. The third-order valence-electron chi connectivity index (χ3n) is 3.30. The Bertz CT molecular complexity index is 553. The van der Waals surface area contributed by atoms with Crippen LogP contribution in [-0.2, 0) is 0 Å². The number of rotatable bonds is 7. The van der Waals surface area contributed by atoms with E-state index in [0.717, 1.165) is 19.5 Å². The molecule has 0 spiro atoms. The van der Waals surface area contributed by atoms with Crippen molar-refractivity contribution < 1.29 is 0 Å². The van der Waals surface area contributed by atoms with Crippen LogP contribution < -0.4 is 10.6 Å². The van der Waals surface area contributed by atoms with Crippen LogP contribution in [0.1, 0.15) is 22.9 Å². The zero-order chi connectivity index (χ0) is 15.8. The molecule has 0 aliphatic rings. The Morgan fingerprint density at radius 2 is 1.95 bits per heavy atom. The smallest absolute Gasteiger partial charge is 0.167 e. The van der Waals surface area contributed by atoms with E-state index in [1.165, 1.54) is 10.4 Å². The van der Waals surface area contributed by atoms with Crippen molar-refractivity contribution in [3.63, 3.8) is 0 Å². The third-order valence-corrected chi connectivity index (χ3v) is 4.50. The fourth-order valence-corrected chi connectivity index (χ4v) is 3.22. The van der Waals surface area contributed by atoms with Crippen LogP contribution in [0, 0.1) is 0 Å². The number of benzene rings is 1. The molecule has 2 rings (SSSR count). The number of hydrogen-bond acceptors (Lipinski definition) is 3. The van der Waals surface area contributed by atoms with E-state index in [2.05, 4.69) is 71.4 Å². The Hall–Kier alpha value is -1.43. The van der Waals surface area contributed by atoms with Gasteiger partial charge >= 0.3 is 0 Å². The SMILES string of the molecule is CN(C)CCCNC(=S)N[C@@H](c1ccccc1)c1cccs1. The molecule has 2 aromatic rings.